The first-order valence-electron chi connectivity index (χ1n) is 5.45. The molecule has 0 atom stereocenters. The number of hydrogen-bond acceptors (Lipinski definition) is 4. The van der Waals surface area contributed by atoms with Crippen LogP contribution in [0.25, 0.3) is 0 Å². The Balaban J connectivity index is 1.85. The summed E-state index contributed by atoms with van der Waals surface area (Å²) in [7, 11) is 0. The van der Waals surface area contributed by atoms with Crippen LogP contribution in [-0.4, -0.2) is 24.7 Å². The molecular weight excluding hydrogens is 192 g/mol. The van der Waals surface area contributed by atoms with Gasteiger partial charge in [0.05, 0.1) is 19.3 Å². The van der Waals surface area contributed by atoms with Gasteiger partial charge in [-0.25, -0.2) is 4.98 Å². The lowest BCUT2D eigenvalue weighted by Crippen LogP contribution is -2.19. The van der Waals surface area contributed by atoms with Crippen molar-refractivity contribution < 1.29 is 9.15 Å². The molecule has 0 saturated carbocycles. The summed E-state index contributed by atoms with van der Waals surface area (Å²) in [5.41, 5.74) is 0. The number of nitrogens with one attached hydrogen (secondary N) is 1. The molecule has 1 N–H and O–H groups in total. The molecule has 1 rings (SSSR count). The van der Waals surface area contributed by atoms with Crippen molar-refractivity contribution in [3.63, 3.8) is 0 Å². The summed E-state index contributed by atoms with van der Waals surface area (Å²) in [6.07, 6.45) is 4.28. The van der Waals surface area contributed by atoms with E-state index in [0.717, 1.165) is 31.9 Å². The van der Waals surface area contributed by atoms with Crippen molar-refractivity contribution in [2.75, 3.05) is 19.8 Å². The van der Waals surface area contributed by atoms with Gasteiger partial charge < -0.3 is 14.5 Å². The van der Waals surface area contributed by atoms with Crippen molar-refractivity contribution in [1.82, 2.24) is 10.3 Å². The molecule has 86 valence electrons. The molecule has 0 saturated heterocycles. The standard InChI is InChI=1S/C11H20N2O2/c1-10(2)3-5-14-6-4-12-7-11-8-13-9-15-11/h8-10,12H,3-7H2,1-2H3. The molecule has 0 aromatic carbocycles. The van der Waals surface area contributed by atoms with Crippen molar-refractivity contribution >= 4 is 0 Å². The third-order valence-corrected chi connectivity index (χ3v) is 2.05. The van der Waals surface area contributed by atoms with Crippen LogP contribution in [0.15, 0.2) is 17.0 Å². The van der Waals surface area contributed by atoms with Crippen molar-refractivity contribution in [1.29, 1.82) is 0 Å². The van der Waals surface area contributed by atoms with E-state index < -0.39 is 0 Å². The van der Waals surface area contributed by atoms with Crippen molar-refractivity contribution in [3.05, 3.63) is 18.4 Å². The fraction of sp³-hybridized carbons (Fsp3) is 0.727. The van der Waals surface area contributed by atoms with Crippen LogP contribution in [-0.2, 0) is 11.3 Å². The zero-order valence-corrected chi connectivity index (χ0v) is 9.53. The minimum absolute atomic E-state index is 0.715. The van der Waals surface area contributed by atoms with Crippen LogP contribution >= 0.6 is 0 Å². The number of rotatable bonds is 8. The second-order valence-corrected chi connectivity index (χ2v) is 3.94. The molecule has 1 aromatic heterocycles. The minimum Gasteiger partial charge on any atom is -0.447 e. The summed E-state index contributed by atoms with van der Waals surface area (Å²) in [4.78, 5) is 3.83. The van der Waals surface area contributed by atoms with E-state index in [1.807, 2.05) is 0 Å². The van der Waals surface area contributed by atoms with Gasteiger partial charge in [0.15, 0.2) is 6.39 Å². The normalized spacial score (nSPS) is 11.1. The Bertz CT molecular complexity index is 235. The van der Waals surface area contributed by atoms with Crippen LogP contribution in [0.3, 0.4) is 0 Å². The van der Waals surface area contributed by atoms with E-state index in [4.69, 9.17) is 9.15 Å². The van der Waals surface area contributed by atoms with E-state index in [9.17, 15) is 0 Å². The summed E-state index contributed by atoms with van der Waals surface area (Å²) in [5.74, 6) is 1.57. The third-order valence-electron chi connectivity index (χ3n) is 2.05. The Morgan fingerprint density at radius 1 is 1.47 bits per heavy atom. The number of aromatic nitrogens is 1. The van der Waals surface area contributed by atoms with Gasteiger partial charge in [-0.2, -0.15) is 0 Å². The first kappa shape index (κ1) is 12.2. The van der Waals surface area contributed by atoms with E-state index in [1.165, 1.54) is 6.39 Å². The van der Waals surface area contributed by atoms with Gasteiger partial charge in [-0.15, -0.1) is 0 Å². The SMILES string of the molecule is CC(C)CCOCCNCc1cnco1. The van der Waals surface area contributed by atoms with Gasteiger partial charge in [0.25, 0.3) is 0 Å². The lowest BCUT2D eigenvalue weighted by atomic mass is 10.1. The molecule has 1 aromatic rings. The summed E-state index contributed by atoms with van der Waals surface area (Å²) >= 11 is 0. The monoisotopic (exact) mass is 212 g/mol. The molecule has 4 heteroatoms. The first-order chi connectivity index (χ1) is 7.29. The number of nitrogens with zero attached hydrogens (tertiary/aromatic N) is 1. The van der Waals surface area contributed by atoms with Crippen molar-refractivity contribution in [2.45, 2.75) is 26.8 Å². The van der Waals surface area contributed by atoms with Gasteiger partial charge in [-0.05, 0) is 12.3 Å². The number of hydrogen-bond donors (Lipinski definition) is 1. The molecule has 0 aliphatic rings. The molecule has 1 heterocycles. The van der Waals surface area contributed by atoms with Gasteiger partial charge in [0.1, 0.15) is 5.76 Å². The molecule has 0 aliphatic carbocycles. The Morgan fingerprint density at radius 3 is 3.00 bits per heavy atom. The second kappa shape index (κ2) is 7.43. The number of oxazole rings is 1. The van der Waals surface area contributed by atoms with E-state index in [0.29, 0.717) is 12.5 Å². The average Bonchev–Trinajstić information content (AvgIpc) is 2.68. The highest BCUT2D eigenvalue weighted by Crippen LogP contribution is 1.98. The third kappa shape index (κ3) is 6.25. The number of ether oxygens (including phenoxy) is 1. The van der Waals surface area contributed by atoms with Crippen LogP contribution in [0.4, 0.5) is 0 Å². The van der Waals surface area contributed by atoms with Crippen molar-refractivity contribution in [3.8, 4) is 0 Å². The van der Waals surface area contributed by atoms with E-state index >= 15 is 0 Å². The summed E-state index contributed by atoms with van der Waals surface area (Å²) < 4.78 is 10.5. The van der Waals surface area contributed by atoms with Crippen molar-refractivity contribution in [2.24, 2.45) is 5.92 Å². The fourth-order valence-corrected chi connectivity index (χ4v) is 1.11. The topological polar surface area (TPSA) is 47.3 Å². The highest BCUT2D eigenvalue weighted by molar-refractivity contribution is 4.86. The van der Waals surface area contributed by atoms with Gasteiger partial charge in [0.2, 0.25) is 0 Å². The molecule has 0 amide bonds. The zero-order chi connectivity index (χ0) is 10.9. The maximum absolute atomic E-state index is 5.46. The van der Waals surface area contributed by atoms with Gasteiger partial charge >= 0.3 is 0 Å². The molecular formula is C11H20N2O2. The predicted octanol–water partition coefficient (Wildman–Crippen LogP) is 1.83. The lowest BCUT2D eigenvalue weighted by molar-refractivity contribution is 0.125. The van der Waals surface area contributed by atoms with E-state index in [2.05, 4.69) is 24.1 Å². The smallest absolute Gasteiger partial charge is 0.180 e. The molecule has 0 spiro atoms. The Hall–Kier alpha value is -0.870. The van der Waals surface area contributed by atoms with Gasteiger partial charge in [-0.1, -0.05) is 13.8 Å². The second-order valence-electron chi connectivity index (χ2n) is 3.94. The summed E-state index contributed by atoms with van der Waals surface area (Å²) in [5, 5.41) is 3.22. The quantitative estimate of drug-likeness (QED) is 0.668. The zero-order valence-electron chi connectivity index (χ0n) is 9.53. The average molecular weight is 212 g/mol. The molecule has 0 aliphatic heterocycles. The lowest BCUT2D eigenvalue weighted by Gasteiger charge is -2.06. The predicted molar refractivity (Wildman–Crippen MR) is 58.5 cm³/mol. The van der Waals surface area contributed by atoms with Crippen LogP contribution in [0.2, 0.25) is 0 Å². The summed E-state index contributed by atoms with van der Waals surface area (Å²) in [6.45, 7) is 7.56. The van der Waals surface area contributed by atoms with Crippen LogP contribution in [0.1, 0.15) is 26.0 Å². The summed E-state index contributed by atoms with van der Waals surface area (Å²) in [6, 6.07) is 0. The molecule has 15 heavy (non-hydrogen) atoms. The van der Waals surface area contributed by atoms with E-state index in [1.54, 1.807) is 6.20 Å². The molecule has 4 nitrogen and oxygen atoms in total. The first-order valence-corrected chi connectivity index (χ1v) is 5.45. The Morgan fingerprint density at radius 2 is 2.33 bits per heavy atom. The van der Waals surface area contributed by atoms with Crippen LogP contribution in [0.5, 0.6) is 0 Å². The Kier molecular flexibility index (Phi) is 6.04. The largest absolute Gasteiger partial charge is 0.447 e. The van der Waals surface area contributed by atoms with E-state index in [-0.39, 0.29) is 0 Å². The molecule has 0 unspecified atom stereocenters. The van der Waals surface area contributed by atoms with Crippen LogP contribution < -0.4 is 5.32 Å². The molecule has 0 bridgehead atoms. The Labute approximate surface area is 91.0 Å². The maximum atomic E-state index is 5.46. The molecule has 0 radical (unpaired) electrons. The van der Waals surface area contributed by atoms with Gasteiger partial charge in [-0.3, -0.25) is 0 Å². The fourth-order valence-electron chi connectivity index (χ4n) is 1.11. The van der Waals surface area contributed by atoms with Crippen LogP contribution in [0, 0.1) is 5.92 Å². The minimum atomic E-state index is 0.715. The molecule has 0 fully saturated rings. The van der Waals surface area contributed by atoms with Gasteiger partial charge in [0, 0.05) is 13.2 Å². The highest BCUT2D eigenvalue weighted by Gasteiger charge is 1.96. The maximum Gasteiger partial charge on any atom is 0.180 e. The highest BCUT2D eigenvalue weighted by atomic mass is 16.5.